The van der Waals surface area contributed by atoms with Crippen molar-refractivity contribution in [1.29, 1.82) is 0 Å². The number of methoxy groups -OCH3 is 1. The van der Waals surface area contributed by atoms with E-state index in [1.165, 1.54) is 17.3 Å². The van der Waals surface area contributed by atoms with Gasteiger partial charge in [-0.2, -0.15) is 0 Å². The van der Waals surface area contributed by atoms with Gasteiger partial charge in [-0.25, -0.2) is 17.4 Å². The monoisotopic (exact) mass is 533 g/mol. The minimum absolute atomic E-state index is 0.0557. The maximum Gasteiger partial charge on any atom is 0.269 e. The topological polar surface area (TPSA) is 126 Å². The average Bonchev–Trinajstić information content (AvgIpc) is 3.64. The molecular formula is C27H27N5O5S. The Morgan fingerprint density at radius 3 is 2.53 bits per heavy atom. The molecule has 1 aliphatic carbocycles. The molecular weight excluding hydrogens is 506 g/mol. The summed E-state index contributed by atoms with van der Waals surface area (Å²) in [6.45, 7) is 4.03. The summed E-state index contributed by atoms with van der Waals surface area (Å²) >= 11 is 0. The highest BCUT2D eigenvalue weighted by Gasteiger charge is 2.39. The van der Waals surface area contributed by atoms with Crippen molar-refractivity contribution in [3.05, 3.63) is 80.1 Å². The first kappa shape index (κ1) is 24.5. The summed E-state index contributed by atoms with van der Waals surface area (Å²) in [6, 6.07) is 8.45. The first-order valence-electron chi connectivity index (χ1n) is 12.6. The van der Waals surface area contributed by atoms with Crippen molar-refractivity contribution in [3.8, 4) is 5.75 Å². The Morgan fingerprint density at radius 2 is 1.82 bits per heavy atom. The molecule has 196 valence electrons. The molecule has 3 aromatic heterocycles. The van der Waals surface area contributed by atoms with E-state index < -0.39 is 20.9 Å². The quantitative estimate of drug-likeness (QED) is 0.292. The van der Waals surface area contributed by atoms with E-state index >= 15 is 0 Å². The van der Waals surface area contributed by atoms with Gasteiger partial charge in [-0.3, -0.25) is 14.0 Å². The minimum Gasteiger partial charge on any atom is -0.492 e. The molecule has 11 heteroatoms. The Kier molecular flexibility index (Phi) is 5.71. The second-order valence-electron chi connectivity index (χ2n) is 10.1. The molecule has 2 aromatic carbocycles. The second-order valence-corrected chi connectivity index (χ2v) is 11.9. The van der Waals surface area contributed by atoms with Crippen LogP contribution in [0.1, 0.15) is 49.1 Å². The molecule has 1 aliphatic rings. The van der Waals surface area contributed by atoms with Crippen molar-refractivity contribution in [2.75, 3.05) is 7.11 Å². The molecule has 0 amide bonds. The number of aromatic nitrogens is 5. The summed E-state index contributed by atoms with van der Waals surface area (Å²) in [5.74, 6) is 1.48. The van der Waals surface area contributed by atoms with Gasteiger partial charge in [0.05, 0.1) is 29.3 Å². The van der Waals surface area contributed by atoms with Crippen LogP contribution in [0.5, 0.6) is 5.75 Å². The first-order chi connectivity index (χ1) is 18.2. The van der Waals surface area contributed by atoms with Crippen LogP contribution in [0.3, 0.4) is 0 Å². The normalized spacial score (nSPS) is 20.1. The van der Waals surface area contributed by atoms with E-state index in [4.69, 9.17) is 4.74 Å². The van der Waals surface area contributed by atoms with Gasteiger partial charge in [0.2, 0.25) is 5.43 Å². The van der Waals surface area contributed by atoms with Crippen molar-refractivity contribution in [1.82, 2.24) is 23.6 Å². The average molecular weight is 534 g/mol. The predicted molar refractivity (Wildman–Crippen MR) is 141 cm³/mol. The van der Waals surface area contributed by atoms with E-state index in [2.05, 4.69) is 22.1 Å². The summed E-state index contributed by atoms with van der Waals surface area (Å²) in [5, 5.41) is 8.87. The molecule has 0 unspecified atom stereocenters. The number of hydrogen-bond acceptors (Lipinski definition) is 8. The van der Waals surface area contributed by atoms with E-state index in [-0.39, 0.29) is 22.5 Å². The summed E-state index contributed by atoms with van der Waals surface area (Å²) in [7, 11) is -2.44. The zero-order valence-electron chi connectivity index (χ0n) is 21.3. The van der Waals surface area contributed by atoms with Crippen LogP contribution in [0.15, 0.2) is 57.2 Å². The molecule has 3 heterocycles. The van der Waals surface area contributed by atoms with Crippen LogP contribution in [-0.4, -0.2) is 39.1 Å². The van der Waals surface area contributed by atoms with Crippen LogP contribution in [0.25, 0.3) is 16.8 Å². The van der Waals surface area contributed by atoms with E-state index in [1.807, 2.05) is 11.3 Å². The number of ether oxygens (including phenoxy) is 1. The number of benzene rings is 1. The van der Waals surface area contributed by atoms with Gasteiger partial charge in [-0.15, -0.1) is 10.2 Å². The molecule has 0 radical (unpaired) electrons. The second kappa shape index (κ2) is 8.87. The first-order valence-corrected chi connectivity index (χ1v) is 14.1. The number of fused-ring (bicyclic) bond motifs is 3. The van der Waals surface area contributed by atoms with E-state index in [0.29, 0.717) is 34.7 Å². The minimum atomic E-state index is -3.85. The van der Waals surface area contributed by atoms with Crippen LogP contribution in [-0.2, 0) is 16.4 Å². The van der Waals surface area contributed by atoms with E-state index in [9.17, 15) is 18.0 Å². The van der Waals surface area contributed by atoms with Gasteiger partial charge < -0.3 is 4.74 Å². The largest absolute Gasteiger partial charge is 0.492 e. The lowest BCUT2D eigenvalue weighted by atomic mass is 9.93. The van der Waals surface area contributed by atoms with Gasteiger partial charge in [0.25, 0.3) is 15.5 Å². The molecule has 38 heavy (non-hydrogen) atoms. The van der Waals surface area contributed by atoms with Crippen molar-refractivity contribution in [2.45, 2.75) is 50.3 Å². The van der Waals surface area contributed by atoms with Crippen molar-refractivity contribution in [3.63, 3.8) is 0 Å². The molecule has 0 aliphatic heterocycles. The number of hydrogen-bond donors (Lipinski definition) is 0. The van der Waals surface area contributed by atoms with Gasteiger partial charge in [0.15, 0.2) is 17.0 Å². The van der Waals surface area contributed by atoms with E-state index in [0.717, 1.165) is 30.7 Å². The third-order valence-corrected chi connectivity index (χ3v) is 9.63. The number of rotatable bonds is 7. The van der Waals surface area contributed by atoms with Gasteiger partial charge in [0.1, 0.15) is 5.82 Å². The molecule has 0 bridgehead atoms. The summed E-state index contributed by atoms with van der Waals surface area (Å²) < 4.78 is 35.1. The Hall–Kier alpha value is -3.86. The molecule has 3 atom stereocenters. The van der Waals surface area contributed by atoms with Crippen LogP contribution >= 0.6 is 0 Å². The molecule has 6 rings (SSSR count). The van der Waals surface area contributed by atoms with Crippen molar-refractivity contribution in [2.24, 2.45) is 11.8 Å². The maximum absolute atomic E-state index is 13.4. The van der Waals surface area contributed by atoms with E-state index in [1.54, 1.807) is 36.5 Å². The molecule has 1 fully saturated rings. The van der Waals surface area contributed by atoms with Gasteiger partial charge in [0, 0.05) is 12.1 Å². The Bertz CT molecular complexity index is 1860. The molecule has 1 saturated carbocycles. The summed E-state index contributed by atoms with van der Waals surface area (Å²) in [4.78, 5) is 28.5. The van der Waals surface area contributed by atoms with Gasteiger partial charge in [-0.1, -0.05) is 31.0 Å². The maximum atomic E-state index is 13.4. The fraction of sp³-hybridized carbons (Fsp3) is 0.370. The lowest BCUT2D eigenvalue weighted by Gasteiger charge is -2.16. The van der Waals surface area contributed by atoms with Crippen molar-refractivity contribution >= 4 is 26.8 Å². The van der Waals surface area contributed by atoms with Crippen LogP contribution in [0.2, 0.25) is 0 Å². The van der Waals surface area contributed by atoms with Gasteiger partial charge >= 0.3 is 0 Å². The third kappa shape index (κ3) is 3.59. The lowest BCUT2D eigenvalue weighted by Crippen LogP contribution is -2.37. The highest BCUT2D eigenvalue weighted by Crippen LogP contribution is 2.46. The third-order valence-electron chi connectivity index (χ3n) is 7.95. The summed E-state index contributed by atoms with van der Waals surface area (Å²) in [6.07, 6.45) is 6.13. The number of aryl methyl sites for hydroxylation is 1. The molecule has 0 spiro atoms. The van der Waals surface area contributed by atoms with Crippen LogP contribution in [0.4, 0.5) is 0 Å². The SMILES string of the molecule is CC[C@@H]1C[C@H](Cc2c(OC)c(=O)c2=O)C[C@@H]1c1nnc2cnc3c(ccn3S(=O)(=O)c3ccc(C)cc3)n12. The van der Waals surface area contributed by atoms with Gasteiger partial charge in [-0.05, 0) is 56.2 Å². The Balaban J connectivity index is 1.39. The highest BCUT2D eigenvalue weighted by atomic mass is 32.2. The zero-order chi connectivity index (χ0) is 26.8. The molecule has 0 saturated heterocycles. The van der Waals surface area contributed by atoms with Crippen molar-refractivity contribution < 1.29 is 13.2 Å². The van der Waals surface area contributed by atoms with Crippen LogP contribution < -0.4 is 15.6 Å². The lowest BCUT2D eigenvalue weighted by molar-refractivity contribution is 0.390. The fourth-order valence-corrected chi connectivity index (χ4v) is 7.29. The summed E-state index contributed by atoms with van der Waals surface area (Å²) in [5.41, 5.74) is 1.91. The number of nitrogens with zero attached hydrogens (tertiary/aromatic N) is 5. The highest BCUT2D eigenvalue weighted by molar-refractivity contribution is 7.90. The molecule has 0 N–H and O–H groups in total. The standard InChI is InChI=1S/C27H27N5O5S/c1-4-17-11-16(13-20-23(33)24(34)25(20)37-3)12-19(17)26-30-29-22-14-28-27-21(32(22)26)9-10-31(27)38(35,36)18-7-5-15(2)6-8-18/h5-10,14,16-17,19H,4,11-13H2,1-3H3/t16-,17+,19-/m0/s1. The Labute approximate surface area is 218 Å². The smallest absolute Gasteiger partial charge is 0.269 e. The zero-order valence-corrected chi connectivity index (χ0v) is 22.1. The predicted octanol–water partition coefficient (Wildman–Crippen LogP) is 2.99. The molecule has 5 aromatic rings. The molecule has 10 nitrogen and oxygen atoms in total. The fourth-order valence-electron chi connectivity index (χ4n) is 5.99. The Morgan fingerprint density at radius 1 is 1.05 bits per heavy atom. The van der Waals surface area contributed by atoms with Crippen LogP contribution in [0, 0.1) is 18.8 Å².